The zero-order valence-corrected chi connectivity index (χ0v) is 74.0. The number of H-pyrrole nitrogens is 4. The van der Waals surface area contributed by atoms with Crippen molar-refractivity contribution in [2.45, 2.75) is 92.1 Å². The minimum atomic E-state index is -1.43. The Morgan fingerprint density at radius 1 is 0.472 bits per heavy atom. The van der Waals surface area contributed by atoms with Crippen LogP contribution in [0.2, 0.25) is 15.1 Å². The van der Waals surface area contributed by atoms with Crippen LogP contribution in [-0.4, -0.2) is 182 Å². The van der Waals surface area contributed by atoms with E-state index in [9.17, 15) is 43.5 Å². The summed E-state index contributed by atoms with van der Waals surface area (Å²) in [6.07, 6.45) is 13.3. The highest BCUT2D eigenvalue weighted by Gasteiger charge is 2.25. The molecule has 1 fully saturated rings. The second kappa shape index (κ2) is 45.4. The van der Waals surface area contributed by atoms with Gasteiger partial charge in [0.2, 0.25) is 11.6 Å². The average molecular weight is 1870 g/mol. The molecule has 0 radical (unpaired) electrons. The molecule has 10 aromatic heterocycles. The lowest BCUT2D eigenvalue weighted by Gasteiger charge is -2.11. The molecule has 13 rings (SSSR count). The minimum Gasteiger partial charge on any atom is -0.394 e. The molecule has 4 atom stereocenters. The second-order valence-electron chi connectivity index (χ2n) is 27.5. The molecule has 127 heavy (non-hydrogen) atoms. The number of pyridine rings is 4. The Bertz CT molecular complexity index is 6080. The Balaban J connectivity index is 0.000000177. The number of amides is 4. The Kier molecular flexibility index (Phi) is 34.3. The van der Waals surface area contributed by atoms with Gasteiger partial charge in [0.15, 0.2) is 12.0 Å². The number of benzene rings is 2. The van der Waals surface area contributed by atoms with Crippen molar-refractivity contribution in [2.75, 3.05) is 75.5 Å². The van der Waals surface area contributed by atoms with E-state index in [1.54, 1.807) is 88.5 Å². The first-order valence-electron chi connectivity index (χ1n) is 38.0. The van der Waals surface area contributed by atoms with Crippen molar-refractivity contribution < 1.29 is 44.3 Å². The number of aliphatic hydroxyl groups is 4. The highest BCUT2D eigenvalue weighted by molar-refractivity contribution is 7.11. The lowest BCUT2D eigenvalue weighted by molar-refractivity contribution is 0.100. The van der Waals surface area contributed by atoms with Crippen molar-refractivity contribution >= 4 is 194 Å². The van der Waals surface area contributed by atoms with Gasteiger partial charge >= 0.3 is 0 Å². The van der Waals surface area contributed by atoms with Gasteiger partial charge < -0.3 is 90.6 Å². The summed E-state index contributed by atoms with van der Waals surface area (Å²) in [6.45, 7) is 12.5. The van der Waals surface area contributed by atoms with Crippen molar-refractivity contribution in [3.63, 3.8) is 0 Å². The Hall–Kier alpha value is -13.5. The maximum absolute atomic E-state index is 12.6. The number of aryl methyl sites for hydroxylation is 5. The molecule has 12 aromatic rings. The summed E-state index contributed by atoms with van der Waals surface area (Å²) in [5.41, 5.74) is 29.8. The molecule has 4 amide bonds. The summed E-state index contributed by atoms with van der Waals surface area (Å²) in [7, 11) is 0. The van der Waals surface area contributed by atoms with Crippen molar-refractivity contribution in [1.82, 2.24) is 57.4 Å². The number of nitrogens with one attached hydrogen (secondary N) is 12. The fraction of sp³-hybridized carbons (Fsp3) is 0.241. The number of aromatic nitrogens is 12. The number of nitrogens with two attached hydrogens (primary N) is 4. The fourth-order valence-corrected chi connectivity index (χ4v) is 15.1. The molecular formula is C79H85Cl3N28O13S4. The number of aliphatic hydroxyl groups excluding tert-OH is 4. The lowest BCUT2D eigenvalue weighted by atomic mass is 10.2. The standard InChI is InChI=1S/C22H24ClN7O3S.2C19H20ClN7O3S.C19H21N7O4S/c1-12-4-2-6-15(23)17(12)29-21(32)19-26-10-13(11-27-19)28-22-16(20(31)30-34-22)18(24)25-8-7-14-5-3-9-33-14;1-9-6-11(7-23-14(9)18(30)26-16-12(20)4-3-5-22-16)25-19-13(17(29)27-31-19)15(21)24-10(2)8-28;1-9-4-3-5-12(20)14(9)26-18(30)16-22-6-11(7-23-16)25-19-13(17(29)27-31-19)15(21)24-10(2)8-28;1-9-4-3-5-21-16(9)25-18(30)14-10(2)6-11(7-22-14)23-19-13(17(29)26-31-19)15(20)24-12(28)8-27/h2,4,6,10-11,14,28H,3,5,7-9H2,1H3,(H2,24,25)(H,29,32)(H,30,31);3-7,10,25,28H,8H2,1-2H3,(H2,21,24)(H,27,29)(H,22,26,30);3-7,10,25,28H,8H2,1-2H3,(H2,21,24)(H,26,30)(H,27,29);3-7,12,23,27-28H,8H2,1-2H3,(H2,20,24)(H,26,29)(H,21,25,30). The topological polar surface area (TPSA) is 643 Å². The van der Waals surface area contributed by atoms with Crippen LogP contribution in [0.3, 0.4) is 0 Å². The average Bonchev–Trinajstić information content (AvgIpc) is 1.57. The van der Waals surface area contributed by atoms with Crippen molar-refractivity contribution in [3.05, 3.63) is 252 Å². The van der Waals surface area contributed by atoms with E-state index in [-0.39, 0.29) is 99.3 Å². The molecule has 4 unspecified atom stereocenters. The summed E-state index contributed by atoms with van der Waals surface area (Å²) in [4.78, 5) is 148. The highest BCUT2D eigenvalue weighted by Crippen LogP contribution is 2.32. The van der Waals surface area contributed by atoms with Crippen molar-refractivity contribution in [3.8, 4) is 0 Å². The van der Waals surface area contributed by atoms with Gasteiger partial charge in [-0.1, -0.05) is 65.1 Å². The maximum Gasteiger partial charge on any atom is 0.293 e. The molecule has 0 saturated carbocycles. The van der Waals surface area contributed by atoms with Gasteiger partial charge in [-0.05, 0) is 184 Å². The molecule has 48 heteroatoms. The molecule has 1 aliphatic rings. The predicted octanol–water partition coefficient (Wildman–Crippen LogP) is 8.85. The minimum absolute atomic E-state index is 0.00132. The number of ether oxygens (including phenoxy) is 1. The molecular weight excluding hydrogens is 1780 g/mol. The third kappa shape index (κ3) is 26.1. The van der Waals surface area contributed by atoms with Crippen LogP contribution in [0.5, 0.6) is 0 Å². The largest absolute Gasteiger partial charge is 0.394 e. The summed E-state index contributed by atoms with van der Waals surface area (Å²) >= 11 is 22.5. The normalized spacial score (nSPS) is 13.4. The number of carbonyl (C=O) groups excluding carboxylic acids is 4. The first-order chi connectivity index (χ1) is 60.8. The quantitative estimate of drug-likeness (QED) is 0.0154. The zero-order valence-electron chi connectivity index (χ0n) is 68.4. The van der Waals surface area contributed by atoms with Crippen LogP contribution < -0.4 is 87.7 Å². The number of rotatable bonds is 29. The van der Waals surface area contributed by atoms with E-state index in [1.165, 1.54) is 43.4 Å². The van der Waals surface area contributed by atoms with E-state index in [0.29, 0.717) is 92.7 Å². The van der Waals surface area contributed by atoms with E-state index in [2.05, 4.69) is 120 Å². The van der Waals surface area contributed by atoms with E-state index < -0.39 is 65.2 Å². The van der Waals surface area contributed by atoms with Gasteiger partial charge in [0.25, 0.3) is 45.9 Å². The number of hydrogen-bond donors (Lipinski definition) is 20. The lowest BCUT2D eigenvalue weighted by Crippen LogP contribution is -2.25. The van der Waals surface area contributed by atoms with Crippen LogP contribution in [0.4, 0.5) is 65.8 Å². The van der Waals surface area contributed by atoms with Crippen LogP contribution in [0.1, 0.15) is 125 Å². The number of carbonyl (C=O) groups is 4. The number of anilines is 12. The third-order valence-electron chi connectivity index (χ3n) is 17.8. The highest BCUT2D eigenvalue weighted by atomic mass is 35.5. The van der Waals surface area contributed by atoms with Gasteiger partial charge in [0.05, 0.1) is 124 Å². The number of aromatic amines is 4. The fourth-order valence-electron chi connectivity index (χ4n) is 11.4. The summed E-state index contributed by atoms with van der Waals surface area (Å²) in [5, 5.41) is 62.4. The SMILES string of the molecule is Cc1cc(Nc2s[nH]c(=O)c2C(N)=NC(C)CO)cnc1C(=O)Nc1ncccc1Cl.Cc1cccc(Cl)c1NC(=O)c1ncc(Nc2s[nH]c(=O)c2C(N)=NC(C)CO)cn1.Cc1cccc(Cl)c1NC(=O)c1ncc(Nc2s[nH]c(=O)c2C(N)=NCCC2CCCO2)cn1.Cc1cccnc1NC(=O)c1ncc(Nc2s[nH]c(=O)c2C(N)=NC(O)CO)cc1C. The first-order valence-corrected chi connectivity index (χ1v) is 42.4. The van der Waals surface area contributed by atoms with Gasteiger partial charge in [-0.3, -0.25) is 70.8 Å². The number of nitrogens with zero attached hydrogens (tertiary/aromatic N) is 12. The molecule has 0 bridgehead atoms. The number of hydrogen-bond acceptors (Lipinski definition) is 33. The smallest absolute Gasteiger partial charge is 0.293 e. The van der Waals surface area contributed by atoms with Crippen molar-refractivity contribution in [2.24, 2.45) is 42.9 Å². The van der Waals surface area contributed by atoms with Crippen LogP contribution >= 0.6 is 80.9 Å². The van der Waals surface area contributed by atoms with E-state index in [0.717, 1.165) is 88.7 Å². The number of amidine groups is 4. The molecule has 0 spiro atoms. The van der Waals surface area contributed by atoms with Crippen LogP contribution in [-0.2, 0) is 4.74 Å². The van der Waals surface area contributed by atoms with Crippen LogP contribution in [0.15, 0.2) is 162 Å². The Labute approximate surface area is 753 Å². The van der Waals surface area contributed by atoms with Gasteiger partial charge in [-0.25, -0.2) is 44.9 Å². The summed E-state index contributed by atoms with van der Waals surface area (Å²) in [6, 6.07) is 20.0. The molecule has 1 aliphatic heterocycles. The molecule has 0 aliphatic carbocycles. The van der Waals surface area contributed by atoms with E-state index >= 15 is 0 Å². The third-order valence-corrected chi connectivity index (χ3v) is 21.9. The monoisotopic (exact) mass is 1870 g/mol. The number of aliphatic imine (C=N–C) groups is 4. The van der Waals surface area contributed by atoms with E-state index in [1.807, 2.05) is 39.0 Å². The summed E-state index contributed by atoms with van der Waals surface area (Å²) < 4.78 is 16.0. The second-order valence-corrected chi connectivity index (χ2v) is 31.9. The summed E-state index contributed by atoms with van der Waals surface area (Å²) in [5.74, 6) is -1.29. The molecule has 11 heterocycles. The maximum atomic E-state index is 12.6. The molecule has 41 nitrogen and oxygen atoms in total. The predicted molar refractivity (Wildman–Crippen MR) is 495 cm³/mol. The van der Waals surface area contributed by atoms with Gasteiger partial charge in [0, 0.05) is 25.5 Å². The number of halogens is 3. The first kappa shape index (κ1) is 95.8. The van der Waals surface area contributed by atoms with Gasteiger partial charge in [0.1, 0.15) is 82.8 Å². The van der Waals surface area contributed by atoms with Crippen LogP contribution in [0.25, 0.3) is 0 Å². The van der Waals surface area contributed by atoms with Gasteiger partial charge in [-0.15, -0.1) is 0 Å². The van der Waals surface area contributed by atoms with Crippen molar-refractivity contribution in [1.29, 1.82) is 0 Å². The Morgan fingerprint density at radius 3 is 1.24 bits per heavy atom. The zero-order chi connectivity index (χ0) is 91.7. The molecule has 1 saturated heterocycles. The Morgan fingerprint density at radius 2 is 0.850 bits per heavy atom. The number of para-hydroxylation sites is 2. The van der Waals surface area contributed by atoms with Crippen LogP contribution in [0, 0.1) is 34.6 Å². The molecule has 24 N–H and O–H groups in total. The van der Waals surface area contributed by atoms with Gasteiger partial charge in [-0.2, -0.15) is 0 Å². The van der Waals surface area contributed by atoms with E-state index in [4.69, 9.17) is 77.8 Å². The molecule has 664 valence electrons. The molecule has 2 aromatic carbocycles.